The summed E-state index contributed by atoms with van der Waals surface area (Å²) in [6.07, 6.45) is 12.8. The highest BCUT2D eigenvalue weighted by Gasteiger charge is 2.24. The largest absolute Gasteiger partial charge is 0.455 e. The van der Waals surface area contributed by atoms with E-state index in [2.05, 4.69) is 52.2 Å². The Morgan fingerprint density at radius 1 is 0.771 bits per heavy atom. The van der Waals surface area contributed by atoms with E-state index >= 15 is 0 Å². The molecule has 0 amide bonds. The standard InChI is InChI=1S/C31H48NO3/c1-5-7-8-9-10-11-12-14-18-27-21-23-29(24-22-27)34-31(17-6-2)35-30(33)26-32(3,4)25-28-19-15-13-16-20-28/h13,15-16,19-24,31H,5-12,14,17-18,25-26H2,1-4H3/q+1. The number of benzene rings is 2. The minimum atomic E-state index is -0.553. The van der Waals surface area contributed by atoms with Crippen molar-refractivity contribution in [3.63, 3.8) is 0 Å². The summed E-state index contributed by atoms with van der Waals surface area (Å²) in [6.45, 7) is 5.42. The Bertz CT molecular complexity index is 817. The van der Waals surface area contributed by atoms with Crippen LogP contribution < -0.4 is 4.74 Å². The molecule has 2 aromatic carbocycles. The number of carbonyl (C=O) groups excluding carboxylic acids is 1. The first-order chi connectivity index (χ1) is 16.9. The fraction of sp³-hybridized carbons (Fsp3) is 0.581. The second-order valence-corrected chi connectivity index (χ2v) is 10.4. The highest BCUT2D eigenvalue weighted by molar-refractivity contribution is 5.70. The Morgan fingerprint density at radius 2 is 1.40 bits per heavy atom. The fourth-order valence-electron chi connectivity index (χ4n) is 4.39. The first-order valence-electron chi connectivity index (χ1n) is 13.7. The van der Waals surface area contributed by atoms with Crippen LogP contribution in [0.5, 0.6) is 5.75 Å². The molecule has 0 fully saturated rings. The van der Waals surface area contributed by atoms with Crippen LogP contribution in [0, 0.1) is 0 Å². The van der Waals surface area contributed by atoms with Crippen molar-refractivity contribution < 1.29 is 18.8 Å². The Labute approximate surface area is 214 Å². The quantitative estimate of drug-likeness (QED) is 0.0945. The topological polar surface area (TPSA) is 35.5 Å². The summed E-state index contributed by atoms with van der Waals surface area (Å²) < 4.78 is 12.3. The maximum absolute atomic E-state index is 12.7. The van der Waals surface area contributed by atoms with Crippen molar-refractivity contribution in [3.05, 3.63) is 65.7 Å². The first kappa shape index (κ1) is 28.9. The molecule has 0 saturated carbocycles. The highest BCUT2D eigenvalue weighted by Crippen LogP contribution is 2.19. The van der Waals surface area contributed by atoms with Crippen LogP contribution in [-0.2, 0) is 22.5 Å². The minimum Gasteiger partial charge on any atom is -0.455 e. The molecule has 0 aromatic heterocycles. The number of ether oxygens (including phenoxy) is 2. The number of esters is 1. The van der Waals surface area contributed by atoms with Crippen LogP contribution in [0.15, 0.2) is 54.6 Å². The summed E-state index contributed by atoms with van der Waals surface area (Å²) in [5.41, 5.74) is 2.55. The van der Waals surface area contributed by atoms with Gasteiger partial charge in [0, 0.05) is 12.0 Å². The van der Waals surface area contributed by atoms with Crippen molar-refractivity contribution in [2.45, 2.75) is 97.3 Å². The van der Waals surface area contributed by atoms with E-state index in [0.717, 1.165) is 25.1 Å². The normalized spacial score (nSPS) is 12.3. The second kappa shape index (κ2) is 16.4. The predicted molar refractivity (Wildman–Crippen MR) is 145 cm³/mol. The summed E-state index contributed by atoms with van der Waals surface area (Å²) in [4.78, 5) is 12.7. The molecule has 194 valence electrons. The Kier molecular flexibility index (Phi) is 13.5. The lowest BCUT2D eigenvalue weighted by atomic mass is 10.0. The lowest BCUT2D eigenvalue weighted by Gasteiger charge is -2.29. The van der Waals surface area contributed by atoms with Gasteiger partial charge in [0.05, 0.1) is 14.1 Å². The molecule has 0 spiro atoms. The zero-order valence-corrected chi connectivity index (χ0v) is 22.6. The Hall–Kier alpha value is -2.33. The number of carbonyl (C=O) groups is 1. The van der Waals surface area contributed by atoms with Crippen LogP contribution in [0.25, 0.3) is 0 Å². The van der Waals surface area contributed by atoms with Gasteiger partial charge in [-0.3, -0.25) is 0 Å². The van der Waals surface area contributed by atoms with Gasteiger partial charge in [-0.2, -0.15) is 0 Å². The number of hydrogen-bond donors (Lipinski definition) is 0. The van der Waals surface area contributed by atoms with E-state index in [0.29, 0.717) is 17.4 Å². The van der Waals surface area contributed by atoms with Gasteiger partial charge in [-0.25, -0.2) is 4.79 Å². The maximum Gasteiger partial charge on any atom is 0.364 e. The van der Waals surface area contributed by atoms with E-state index in [1.54, 1.807) is 0 Å². The third kappa shape index (κ3) is 12.8. The van der Waals surface area contributed by atoms with E-state index in [1.165, 1.54) is 62.5 Å². The monoisotopic (exact) mass is 482 g/mol. The second-order valence-electron chi connectivity index (χ2n) is 10.4. The van der Waals surface area contributed by atoms with E-state index in [9.17, 15) is 4.79 Å². The van der Waals surface area contributed by atoms with Crippen molar-refractivity contribution in [3.8, 4) is 5.75 Å². The molecule has 0 aliphatic heterocycles. The lowest BCUT2D eigenvalue weighted by Crippen LogP contribution is -2.44. The minimum absolute atomic E-state index is 0.226. The first-order valence-corrected chi connectivity index (χ1v) is 13.7. The van der Waals surface area contributed by atoms with E-state index in [-0.39, 0.29) is 5.97 Å². The fourth-order valence-corrected chi connectivity index (χ4v) is 4.39. The number of nitrogens with zero attached hydrogens (tertiary/aromatic N) is 1. The summed E-state index contributed by atoms with van der Waals surface area (Å²) in [6, 6.07) is 18.5. The average molecular weight is 483 g/mol. The van der Waals surface area contributed by atoms with Crippen molar-refractivity contribution in [2.24, 2.45) is 0 Å². The van der Waals surface area contributed by atoms with Gasteiger partial charge in [-0.15, -0.1) is 0 Å². The van der Waals surface area contributed by atoms with Crippen molar-refractivity contribution >= 4 is 5.97 Å². The third-order valence-corrected chi connectivity index (χ3v) is 6.31. The van der Waals surface area contributed by atoms with E-state index < -0.39 is 6.29 Å². The molecule has 4 nitrogen and oxygen atoms in total. The SMILES string of the molecule is CCCCCCCCCCc1ccc(OC(CCC)OC(=O)C[N+](C)(C)Cc2ccccc2)cc1. The van der Waals surface area contributed by atoms with Gasteiger partial charge in [-0.1, -0.05) is 101 Å². The van der Waals surface area contributed by atoms with Gasteiger partial charge in [0.1, 0.15) is 12.3 Å². The van der Waals surface area contributed by atoms with Crippen LogP contribution in [0.1, 0.15) is 89.2 Å². The van der Waals surface area contributed by atoms with E-state index in [1.807, 2.05) is 30.3 Å². The molecule has 0 saturated heterocycles. The maximum atomic E-state index is 12.7. The number of hydrogen-bond acceptors (Lipinski definition) is 3. The molecule has 1 atom stereocenters. The smallest absolute Gasteiger partial charge is 0.364 e. The molecule has 0 N–H and O–H groups in total. The molecule has 0 aliphatic rings. The summed E-state index contributed by atoms with van der Waals surface area (Å²) >= 11 is 0. The molecular weight excluding hydrogens is 434 g/mol. The Balaban J connectivity index is 1.75. The van der Waals surface area contributed by atoms with Gasteiger partial charge in [0.15, 0.2) is 6.54 Å². The van der Waals surface area contributed by atoms with Gasteiger partial charge < -0.3 is 14.0 Å². The molecule has 0 radical (unpaired) electrons. The lowest BCUT2D eigenvalue weighted by molar-refractivity contribution is -0.896. The third-order valence-electron chi connectivity index (χ3n) is 6.31. The van der Waals surface area contributed by atoms with Crippen LogP contribution >= 0.6 is 0 Å². The number of unbranched alkanes of at least 4 members (excludes halogenated alkanes) is 7. The van der Waals surface area contributed by atoms with Crippen LogP contribution in [0.2, 0.25) is 0 Å². The zero-order valence-electron chi connectivity index (χ0n) is 22.6. The predicted octanol–water partition coefficient (Wildman–Crippen LogP) is 7.69. The van der Waals surface area contributed by atoms with Gasteiger partial charge >= 0.3 is 5.97 Å². The van der Waals surface area contributed by atoms with Crippen molar-refractivity contribution in [1.82, 2.24) is 0 Å². The molecule has 1 unspecified atom stereocenters. The molecule has 4 heteroatoms. The number of quaternary nitrogens is 1. The molecule has 35 heavy (non-hydrogen) atoms. The summed E-state index contributed by atoms with van der Waals surface area (Å²) in [5, 5.41) is 0. The molecule has 0 aliphatic carbocycles. The van der Waals surface area contributed by atoms with Gasteiger partial charge in [0.2, 0.25) is 6.29 Å². The summed E-state index contributed by atoms with van der Waals surface area (Å²) in [5.74, 6) is 0.532. The zero-order chi connectivity index (χ0) is 25.4. The number of rotatable bonds is 18. The Morgan fingerprint density at radius 3 is 2.03 bits per heavy atom. The molecular formula is C31H48NO3+. The summed E-state index contributed by atoms with van der Waals surface area (Å²) in [7, 11) is 4.10. The van der Waals surface area contributed by atoms with Crippen LogP contribution in [0.3, 0.4) is 0 Å². The van der Waals surface area contributed by atoms with Crippen LogP contribution in [0.4, 0.5) is 0 Å². The molecule has 0 heterocycles. The van der Waals surface area contributed by atoms with Crippen molar-refractivity contribution in [1.29, 1.82) is 0 Å². The molecule has 2 rings (SSSR count). The number of aryl methyl sites for hydroxylation is 1. The highest BCUT2D eigenvalue weighted by atomic mass is 16.7. The van der Waals surface area contributed by atoms with Crippen molar-refractivity contribution in [2.75, 3.05) is 20.6 Å². The average Bonchev–Trinajstić information content (AvgIpc) is 2.82. The number of likely N-dealkylation sites (N-methyl/N-ethyl adjacent to an activating group) is 1. The van der Waals surface area contributed by atoms with Crippen LogP contribution in [-0.4, -0.2) is 37.4 Å². The van der Waals surface area contributed by atoms with Gasteiger partial charge in [-0.05, 0) is 37.0 Å². The van der Waals surface area contributed by atoms with E-state index in [4.69, 9.17) is 9.47 Å². The molecule has 0 bridgehead atoms. The van der Waals surface area contributed by atoms with Gasteiger partial charge in [0.25, 0.3) is 0 Å². The molecule has 2 aromatic rings.